The predicted molar refractivity (Wildman–Crippen MR) is 84.5 cm³/mol. The van der Waals surface area contributed by atoms with E-state index in [2.05, 4.69) is 24.1 Å². The molecule has 0 saturated heterocycles. The lowest BCUT2D eigenvalue weighted by molar-refractivity contribution is -0.137. The van der Waals surface area contributed by atoms with E-state index in [-0.39, 0.29) is 18.5 Å². The summed E-state index contributed by atoms with van der Waals surface area (Å²) >= 11 is 0. The number of amides is 2. The first-order valence-electron chi connectivity index (χ1n) is 7.90. The summed E-state index contributed by atoms with van der Waals surface area (Å²) in [6.45, 7) is 12.3. The van der Waals surface area contributed by atoms with Crippen molar-refractivity contribution in [2.24, 2.45) is 0 Å². The zero-order chi connectivity index (χ0) is 16.3. The second kappa shape index (κ2) is 11.4. The molecule has 6 nitrogen and oxygen atoms in total. The third kappa shape index (κ3) is 9.28. The Bertz CT molecular complexity index is 305. The lowest BCUT2D eigenvalue weighted by atomic mass is 10.2. The number of nitrogens with one attached hydrogen (secondary N) is 1. The molecule has 0 aliphatic carbocycles. The van der Waals surface area contributed by atoms with Crippen LogP contribution in [0.2, 0.25) is 0 Å². The SMILES string of the molecule is CCN(CC)CCCNC(=O)N(CCCC(=O)O)C(C)C. The molecule has 0 aromatic rings. The zero-order valence-corrected chi connectivity index (χ0v) is 13.9. The number of rotatable bonds is 11. The summed E-state index contributed by atoms with van der Waals surface area (Å²) in [6.07, 6.45) is 1.51. The number of hydrogen-bond donors (Lipinski definition) is 2. The van der Waals surface area contributed by atoms with Crippen LogP contribution in [0.15, 0.2) is 0 Å². The number of carbonyl (C=O) groups is 2. The van der Waals surface area contributed by atoms with E-state index < -0.39 is 5.97 Å². The van der Waals surface area contributed by atoms with E-state index in [1.165, 1.54) is 0 Å². The Morgan fingerprint density at radius 2 is 1.71 bits per heavy atom. The highest BCUT2D eigenvalue weighted by molar-refractivity contribution is 5.74. The molecular formula is C15H31N3O3. The molecule has 0 aliphatic rings. The van der Waals surface area contributed by atoms with Gasteiger partial charge in [0.25, 0.3) is 0 Å². The molecule has 0 aliphatic heterocycles. The smallest absolute Gasteiger partial charge is 0.317 e. The average molecular weight is 301 g/mol. The van der Waals surface area contributed by atoms with Crippen molar-refractivity contribution in [3.63, 3.8) is 0 Å². The molecule has 0 aromatic heterocycles. The maximum atomic E-state index is 12.1. The van der Waals surface area contributed by atoms with Crippen LogP contribution in [0.3, 0.4) is 0 Å². The Morgan fingerprint density at radius 3 is 2.19 bits per heavy atom. The molecule has 21 heavy (non-hydrogen) atoms. The van der Waals surface area contributed by atoms with Crippen LogP contribution in [-0.2, 0) is 4.79 Å². The van der Waals surface area contributed by atoms with Gasteiger partial charge in [-0.1, -0.05) is 13.8 Å². The van der Waals surface area contributed by atoms with Gasteiger partial charge in [0.05, 0.1) is 0 Å². The maximum absolute atomic E-state index is 12.1. The molecule has 124 valence electrons. The molecule has 0 unspecified atom stereocenters. The molecule has 0 aromatic carbocycles. The van der Waals surface area contributed by atoms with Crippen LogP contribution in [0, 0.1) is 0 Å². The number of aliphatic carboxylic acids is 1. The van der Waals surface area contributed by atoms with E-state index in [0.717, 1.165) is 26.1 Å². The molecule has 2 amide bonds. The first-order valence-corrected chi connectivity index (χ1v) is 7.90. The van der Waals surface area contributed by atoms with Gasteiger partial charge in [-0.15, -0.1) is 0 Å². The van der Waals surface area contributed by atoms with Crippen LogP contribution >= 0.6 is 0 Å². The van der Waals surface area contributed by atoms with Gasteiger partial charge in [-0.3, -0.25) is 4.79 Å². The Hall–Kier alpha value is -1.30. The summed E-state index contributed by atoms with van der Waals surface area (Å²) in [5, 5.41) is 11.6. The van der Waals surface area contributed by atoms with Gasteiger partial charge in [-0.05, 0) is 46.3 Å². The summed E-state index contributed by atoms with van der Waals surface area (Å²) in [5.74, 6) is -0.821. The standard InChI is InChI=1S/C15H31N3O3/c1-5-17(6-2)11-8-10-16-15(21)18(13(3)4)12-7-9-14(19)20/h13H,5-12H2,1-4H3,(H,16,21)(H,19,20). The molecule has 0 rings (SSSR count). The summed E-state index contributed by atoms with van der Waals surface area (Å²) in [4.78, 5) is 26.6. The molecule has 0 bridgehead atoms. The topological polar surface area (TPSA) is 72.9 Å². The van der Waals surface area contributed by atoms with Gasteiger partial charge in [0.1, 0.15) is 0 Å². The molecule has 0 spiro atoms. The minimum Gasteiger partial charge on any atom is -0.481 e. The van der Waals surface area contributed by atoms with Crippen molar-refractivity contribution in [2.45, 2.75) is 53.0 Å². The number of urea groups is 1. The molecular weight excluding hydrogens is 270 g/mol. The lowest BCUT2D eigenvalue weighted by Crippen LogP contribution is -2.45. The van der Waals surface area contributed by atoms with Crippen molar-refractivity contribution in [1.82, 2.24) is 15.1 Å². The largest absolute Gasteiger partial charge is 0.481 e. The van der Waals surface area contributed by atoms with E-state index >= 15 is 0 Å². The number of nitrogens with zero attached hydrogens (tertiary/aromatic N) is 2. The summed E-state index contributed by atoms with van der Waals surface area (Å²) in [5.41, 5.74) is 0. The highest BCUT2D eigenvalue weighted by atomic mass is 16.4. The zero-order valence-electron chi connectivity index (χ0n) is 13.9. The van der Waals surface area contributed by atoms with Crippen LogP contribution in [0.5, 0.6) is 0 Å². The Balaban J connectivity index is 4.03. The molecule has 6 heteroatoms. The van der Waals surface area contributed by atoms with Crippen molar-refractivity contribution >= 4 is 12.0 Å². The van der Waals surface area contributed by atoms with Crippen LogP contribution < -0.4 is 5.32 Å². The van der Waals surface area contributed by atoms with Crippen molar-refractivity contribution < 1.29 is 14.7 Å². The normalized spacial score (nSPS) is 11.0. The minimum absolute atomic E-state index is 0.0709. The molecule has 2 N–H and O–H groups in total. The number of hydrogen-bond acceptors (Lipinski definition) is 3. The Labute approximate surface area is 128 Å². The fourth-order valence-corrected chi connectivity index (χ4v) is 2.13. The Kier molecular flexibility index (Phi) is 10.7. The van der Waals surface area contributed by atoms with Crippen LogP contribution in [0.1, 0.15) is 47.0 Å². The average Bonchev–Trinajstić information content (AvgIpc) is 2.42. The molecule has 0 radical (unpaired) electrons. The number of carboxylic acids is 1. The van der Waals surface area contributed by atoms with Crippen LogP contribution in [0.25, 0.3) is 0 Å². The fourth-order valence-electron chi connectivity index (χ4n) is 2.13. The van der Waals surface area contributed by atoms with Gasteiger partial charge < -0.3 is 20.2 Å². The highest BCUT2D eigenvalue weighted by Crippen LogP contribution is 2.02. The number of carbonyl (C=O) groups excluding carboxylic acids is 1. The number of carboxylic acid groups (broad SMARTS) is 1. The van der Waals surface area contributed by atoms with E-state index in [4.69, 9.17) is 5.11 Å². The third-order valence-electron chi connectivity index (χ3n) is 3.50. The fraction of sp³-hybridized carbons (Fsp3) is 0.867. The third-order valence-corrected chi connectivity index (χ3v) is 3.50. The minimum atomic E-state index is -0.821. The lowest BCUT2D eigenvalue weighted by Gasteiger charge is -2.27. The van der Waals surface area contributed by atoms with Crippen LogP contribution in [-0.4, -0.2) is 65.7 Å². The van der Waals surface area contributed by atoms with Crippen molar-refractivity contribution in [3.05, 3.63) is 0 Å². The quantitative estimate of drug-likeness (QED) is 0.573. The molecule has 0 fully saturated rings. The first-order chi connectivity index (χ1) is 9.92. The maximum Gasteiger partial charge on any atom is 0.317 e. The van der Waals surface area contributed by atoms with Gasteiger partial charge in [-0.25, -0.2) is 4.79 Å². The van der Waals surface area contributed by atoms with Gasteiger partial charge in [-0.2, -0.15) is 0 Å². The molecule has 0 heterocycles. The Morgan fingerprint density at radius 1 is 1.10 bits per heavy atom. The van der Waals surface area contributed by atoms with E-state index in [1.54, 1.807) is 4.90 Å². The van der Waals surface area contributed by atoms with Gasteiger partial charge >= 0.3 is 12.0 Å². The van der Waals surface area contributed by atoms with Gasteiger partial charge in [0.2, 0.25) is 0 Å². The summed E-state index contributed by atoms with van der Waals surface area (Å²) in [7, 11) is 0. The van der Waals surface area contributed by atoms with E-state index in [1.807, 2.05) is 13.8 Å². The highest BCUT2D eigenvalue weighted by Gasteiger charge is 2.16. The molecule has 0 saturated carbocycles. The van der Waals surface area contributed by atoms with Crippen LogP contribution in [0.4, 0.5) is 4.79 Å². The van der Waals surface area contributed by atoms with Crippen molar-refractivity contribution in [3.8, 4) is 0 Å². The summed E-state index contributed by atoms with van der Waals surface area (Å²) in [6, 6.07) is -0.0310. The van der Waals surface area contributed by atoms with Gasteiger partial charge in [0.15, 0.2) is 0 Å². The van der Waals surface area contributed by atoms with E-state index in [0.29, 0.717) is 19.5 Å². The summed E-state index contributed by atoms with van der Waals surface area (Å²) < 4.78 is 0. The second-order valence-electron chi connectivity index (χ2n) is 5.40. The molecule has 0 atom stereocenters. The van der Waals surface area contributed by atoms with Gasteiger partial charge in [0, 0.05) is 25.6 Å². The monoisotopic (exact) mass is 301 g/mol. The second-order valence-corrected chi connectivity index (χ2v) is 5.40. The van der Waals surface area contributed by atoms with Crippen molar-refractivity contribution in [2.75, 3.05) is 32.7 Å². The van der Waals surface area contributed by atoms with Crippen molar-refractivity contribution in [1.29, 1.82) is 0 Å². The predicted octanol–water partition coefficient (Wildman–Crippen LogP) is 2.00. The van der Waals surface area contributed by atoms with E-state index in [9.17, 15) is 9.59 Å². The first kappa shape index (κ1) is 19.7.